The third-order valence-electron chi connectivity index (χ3n) is 3.09. The van der Waals surface area contributed by atoms with Gasteiger partial charge in [0.15, 0.2) is 0 Å². The Morgan fingerprint density at radius 3 is 2.83 bits per heavy atom. The van der Waals surface area contributed by atoms with Crippen molar-refractivity contribution in [3.05, 3.63) is 53.7 Å². The number of fused-ring (bicyclic) bond motifs is 1. The molecule has 0 radical (unpaired) electrons. The third-order valence-corrected chi connectivity index (χ3v) is 3.09. The van der Waals surface area contributed by atoms with Gasteiger partial charge in [-0.15, -0.1) is 0 Å². The van der Waals surface area contributed by atoms with Crippen molar-refractivity contribution in [1.29, 1.82) is 0 Å². The monoisotopic (exact) mass is 239 g/mol. The SMILES string of the molecule is Nc1cnc2c(c1)CCN2C(=O)c1ccccc1. The molecule has 90 valence electrons. The van der Waals surface area contributed by atoms with Crippen molar-refractivity contribution < 1.29 is 4.79 Å². The molecule has 1 amide bonds. The first-order valence-electron chi connectivity index (χ1n) is 5.87. The number of benzene rings is 1. The number of hydrogen-bond acceptors (Lipinski definition) is 3. The van der Waals surface area contributed by atoms with Crippen LogP contribution in [0.15, 0.2) is 42.6 Å². The Bertz CT molecular complexity index is 595. The summed E-state index contributed by atoms with van der Waals surface area (Å²) in [5.74, 6) is 0.727. The van der Waals surface area contributed by atoms with Gasteiger partial charge in [-0.25, -0.2) is 4.98 Å². The van der Waals surface area contributed by atoms with Crippen LogP contribution < -0.4 is 10.6 Å². The molecule has 4 heteroatoms. The molecule has 1 aliphatic heterocycles. The lowest BCUT2D eigenvalue weighted by atomic mass is 10.2. The molecule has 1 aromatic heterocycles. The lowest BCUT2D eigenvalue weighted by Crippen LogP contribution is -2.29. The number of nitrogens with two attached hydrogens (primary N) is 1. The van der Waals surface area contributed by atoms with Crippen molar-refractivity contribution in [1.82, 2.24) is 4.98 Å². The molecular formula is C14H13N3O. The highest BCUT2D eigenvalue weighted by Crippen LogP contribution is 2.28. The number of pyridine rings is 1. The molecule has 4 nitrogen and oxygen atoms in total. The molecular weight excluding hydrogens is 226 g/mol. The maximum atomic E-state index is 12.3. The average molecular weight is 239 g/mol. The fourth-order valence-corrected chi connectivity index (χ4v) is 2.22. The zero-order valence-corrected chi connectivity index (χ0v) is 9.84. The number of nitrogens with zero attached hydrogens (tertiary/aromatic N) is 2. The van der Waals surface area contributed by atoms with E-state index in [1.807, 2.05) is 36.4 Å². The molecule has 0 bridgehead atoms. The number of hydrogen-bond donors (Lipinski definition) is 1. The van der Waals surface area contributed by atoms with E-state index in [2.05, 4.69) is 4.98 Å². The topological polar surface area (TPSA) is 59.2 Å². The van der Waals surface area contributed by atoms with Crippen LogP contribution >= 0.6 is 0 Å². The summed E-state index contributed by atoms with van der Waals surface area (Å²) < 4.78 is 0. The van der Waals surface area contributed by atoms with Gasteiger partial charge in [0.05, 0.1) is 11.9 Å². The van der Waals surface area contributed by atoms with E-state index in [1.54, 1.807) is 11.1 Å². The molecule has 0 saturated carbocycles. The number of carbonyl (C=O) groups is 1. The van der Waals surface area contributed by atoms with Crippen molar-refractivity contribution in [2.75, 3.05) is 17.2 Å². The van der Waals surface area contributed by atoms with Crippen LogP contribution in [0.1, 0.15) is 15.9 Å². The van der Waals surface area contributed by atoms with Crippen LogP contribution in [0.3, 0.4) is 0 Å². The molecule has 0 spiro atoms. The Labute approximate surface area is 105 Å². The van der Waals surface area contributed by atoms with Crippen molar-refractivity contribution in [3.8, 4) is 0 Å². The van der Waals surface area contributed by atoms with Crippen molar-refractivity contribution in [3.63, 3.8) is 0 Å². The minimum absolute atomic E-state index is 0.00776. The molecule has 0 saturated heterocycles. The van der Waals surface area contributed by atoms with Crippen LogP contribution in [0.2, 0.25) is 0 Å². The zero-order chi connectivity index (χ0) is 12.5. The summed E-state index contributed by atoms with van der Waals surface area (Å²) in [7, 11) is 0. The minimum Gasteiger partial charge on any atom is -0.397 e. The van der Waals surface area contributed by atoms with Gasteiger partial charge in [0.1, 0.15) is 5.82 Å². The van der Waals surface area contributed by atoms with Crippen LogP contribution in [0.5, 0.6) is 0 Å². The van der Waals surface area contributed by atoms with E-state index in [0.29, 0.717) is 17.8 Å². The molecule has 0 aliphatic carbocycles. The Morgan fingerprint density at radius 1 is 1.28 bits per heavy atom. The van der Waals surface area contributed by atoms with E-state index >= 15 is 0 Å². The van der Waals surface area contributed by atoms with Crippen molar-refractivity contribution in [2.45, 2.75) is 6.42 Å². The first-order valence-corrected chi connectivity index (χ1v) is 5.87. The molecule has 2 aromatic rings. The van der Waals surface area contributed by atoms with Crippen LogP contribution in [-0.4, -0.2) is 17.4 Å². The fraction of sp³-hybridized carbons (Fsp3) is 0.143. The molecule has 2 heterocycles. The van der Waals surface area contributed by atoms with Gasteiger partial charge in [-0.05, 0) is 30.2 Å². The van der Waals surface area contributed by atoms with E-state index < -0.39 is 0 Å². The predicted molar refractivity (Wildman–Crippen MR) is 70.5 cm³/mol. The molecule has 1 aliphatic rings. The van der Waals surface area contributed by atoms with Crippen molar-refractivity contribution in [2.24, 2.45) is 0 Å². The summed E-state index contributed by atoms with van der Waals surface area (Å²) in [5, 5.41) is 0. The largest absolute Gasteiger partial charge is 0.397 e. The number of amides is 1. The quantitative estimate of drug-likeness (QED) is 0.826. The normalized spacial score (nSPS) is 13.4. The maximum absolute atomic E-state index is 12.3. The van der Waals surface area contributed by atoms with Gasteiger partial charge >= 0.3 is 0 Å². The minimum atomic E-state index is -0.00776. The van der Waals surface area contributed by atoms with E-state index in [9.17, 15) is 4.79 Å². The summed E-state index contributed by atoms with van der Waals surface area (Å²) in [6, 6.07) is 11.1. The van der Waals surface area contributed by atoms with E-state index in [4.69, 9.17) is 5.73 Å². The highest BCUT2D eigenvalue weighted by Gasteiger charge is 2.26. The second-order valence-electron chi connectivity index (χ2n) is 4.32. The highest BCUT2D eigenvalue weighted by atomic mass is 16.2. The summed E-state index contributed by atoms with van der Waals surface area (Å²) in [4.78, 5) is 18.3. The fourth-order valence-electron chi connectivity index (χ4n) is 2.22. The summed E-state index contributed by atoms with van der Waals surface area (Å²) in [6.45, 7) is 0.666. The van der Waals surface area contributed by atoms with Crippen LogP contribution in [-0.2, 0) is 6.42 Å². The number of anilines is 2. The molecule has 3 rings (SSSR count). The number of rotatable bonds is 1. The van der Waals surface area contributed by atoms with Gasteiger partial charge in [0, 0.05) is 12.1 Å². The second kappa shape index (κ2) is 4.14. The summed E-state index contributed by atoms with van der Waals surface area (Å²) in [6.07, 6.45) is 2.40. The summed E-state index contributed by atoms with van der Waals surface area (Å²) in [5.41, 5.74) is 8.06. The van der Waals surface area contributed by atoms with Crippen LogP contribution in [0, 0.1) is 0 Å². The van der Waals surface area contributed by atoms with Gasteiger partial charge in [-0.3, -0.25) is 9.69 Å². The van der Waals surface area contributed by atoms with Gasteiger partial charge in [-0.2, -0.15) is 0 Å². The first kappa shape index (κ1) is 10.8. The molecule has 18 heavy (non-hydrogen) atoms. The smallest absolute Gasteiger partial charge is 0.259 e. The lowest BCUT2D eigenvalue weighted by molar-refractivity contribution is 0.0988. The van der Waals surface area contributed by atoms with Gasteiger partial charge in [-0.1, -0.05) is 18.2 Å². The van der Waals surface area contributed by atoms with Crippen molar-refractivity contribution >= 4 is 17.4 Å². The van der Waals surface area contributed by atoms with E-state index in [0.717, 1.165) is 17.8 Å². The Morgan fingerprint density at radius 2 is 2.06 bits per heavy atom. The predicted octanol–water partition coefficient (Wildman–Crippen LogP) is 1.87. The third kappa shape index (κ3) is 1.72. The number of nitrogen functional groups attached to an aromatic ring is 1. The number of aromatic nitrogens is 1. The van der Waals surface area contributed by atoms with Gasteiger partial charge < -0.3 is 5.73 Å². The van der Waals surface area contributed by atoms with Gasteiger partial charge in [0.2, 0.25) is 0 Å². The zero-order valence-electron chi connectivity index (χ0n) is 9.84. The summed E-state index contributed by atoms with van der Waals surface area (Å²) >= 11 is 0. The Kier molecular flexibility index (Phi) is 2.48. The number of carbonyl (C=O) groups excluding carboxylic acids is 1. The Hall–Kier alpha value is -2.36. The maximum Gasteiger partial charge on any atom is 0.259 e. The molecule has 2 N–H and O–H groups in total. The molecule has 0 atom stereocenters. The van der Waals surface area contributed by atoms with E-state index in [1.165, 1.54) is 0 Å². The standard InChI is InChI=1S/C14H13N3O/c15-12-8-11-6-7-17(13(11)16-9-12)14(18)10-4-2-1-3-5-10/h1-5,8-9H,6-7,15H2. The van der Waals surface area contributed by atoms with E-state index in [-0.39, 0.29) is 5.91 Å². The second-order valence-corrected chi connectivity index (χ2v) is 4.32. The highest BCUT2D eigenvalue weighted by molar-refractivity contribution is 6.06. The lowest BCUT2D eigenvalue weighted by Gasteiger charge is -2.16. The molecule has 0 unspecified atom stereocenters. The average Bonchev–Trinajstić information content (AvgIpc) is 2.81. The first-order chi connectivity index (χ1) is 8.75. The van der Waals surface area contributed by atoms with Crippen LogP contribution in [0.25, 0.3) is 0 Å². The van der Waals surface area contributed by atoms with Gasteiger partial charge in [0.25, 0.3) is 5.91 Å². The molecule has 0 fully saturated rings. The Balaban J connectivity index is 1.95. The van der Waals surface area contributed by atoms with Crippen LogP contribution in [0.4, 0.5) is 11.5 Å². The molecule has 1 aromatic carbocycles.